The molecule has 8 nitrogen and oxygen atoms in total. The zero-order valence-electron chi connectivity index (χ0n) is 22.7. The number of para-hydroxylation sites is 1. The number of urea groups is 1. The maximum atomic E-state index is 14.4. The third-order valence-corrected chi connectivity index (χ3v) is 7.81. The zero-order chi connectivity index (χ0) is 28.3. The van der Waals surface area contributed by atoms with E-state index in [1.54, 1.807) is 15.9 Å². The van der Waals surface area contributed by atoms with Crippen molar-refractivity contribution in [3.63, 3.8) is 0 Å². The maximum Gasteiger partial charge on any atom is 0.322 e. The molecule has 6 rings (SSSR count). The van der Waals surface area contributed by atoms with E-state index in [9.17, 15) is 14.4 Å². The molecule has 3 aromatic carbocycles. The van der Waals surface area contributed by atoms with Gasteiger partial charge in [-0.15, -0.1) is 6.58 Å². The zero-order valence-corrected chi connectivity index (χ0v) is 22.7. The van der Waals surface area contributed by atoms with Gasteiger partial charge in [0.15, 0.2) is 0 Å². The van der Waals surface area contributed by atoms with Gasteiger partial charge in [-0.25, -0.2) is 4.79 Å². The number of hydrogen-bond acceptors (Lipinski definition) is 4. The number of likely N-dealkylation sites (tertiary alicyclic amines) is 1. The van der Waals surface area contributed by atoms with Crippen LogP contribution in [0.25, 0.3) is 0 Å². The van der Waals surface area contributed by atoms with Gasteiger partial charge in [0, 0.05) is 19.6 Å². The third kappa shape index (κ3) is 5.09. The Morgan fingerprint density at radius 1 is 0.951 bits per heavy atom. The quantitative estimate of drug-likeness (QED) is 0.393. The Kier molecular flexibility index (Phi) is 7.29. The fourth-order valence-electron chi connectivity index (χ4n) is 5.88. The van der Waals surface area contributed by atoms with E-state index in [4.69, 9.17) is 4.74 Å². The van der Waals surface area contributed by atoms with Crippen molar-refractivity contribution in [2.24, 2.45) is 0 Å². The SMILES string of the molecule is C=CCN1C(=O)NC(c2cccc(Oc3ccccc3)c2)C2=C1CN(C(C(=O)N1CCCC1)c1ccccc1)C2=O. The molecule has 208 valence electrons. The first-order valence-electron chi connectivity index (χ1n) is 13.9. The van der Waals surface area contributed by atoms with E-state index >= 15 is 0 Å². The number of hydrogen-bond donors (Lipinski definition) is 1. The molecular weight excluding hydrogens is 516 g/mol. The Morgan fingerprint density at radius 3 is 2.34 bits per heavy atom. The topological polar surface area (TPSA) is 82.2 Å². The van der Waals surface area contributed by atoms with Crippen LogP contribution in [0, 0.1) is 0 Å². The van der Waals surface area contributed by atoms with Gasteiger partial charge in [0.2, 0.25) is 5.91 Å². The number of amides is 4. The molecule has 0 saturated carbocycles. The van der Waals surface area contributed by atoms with Gasteiger partial charge in [0.25, 0.3) is 5.91 Å². The van der Waals surface area contributed by atoms with Gasteiger partial charge in [-0.3, -0.25) is 14.5 Å². The van der Waals surface area contributed by atoms with Crippen molar-refractivity contribution in [2.45, 2.75) is 24.9 Å². The van der Waals surface area contributed by atoms with Crippen molar-refractivity contribution in [1.29, 1.82) is 0 Å². The fraction of sp³-hybridized carbons (Fsp3) is 0.242. The lowest BCUT2D eigenvalue weighted by Gasteiger charge is -2.33. The molecule has 3 heterocycles. The predicted octanol–water partition coefficient (Wildman–Crippen LogP) is 5.19. The second-order valence-electron chi connectivity index (χ2n) is 10.4. The van der Waals surface area contributed by atoms with Crippen LogP contribution in [0.2, 0.25) is 0 Å². The Balaban J connectivity index is 1.38. The number of nitrogens with one attached hydrogen (secondary N) is 1. The molecule has 4 amide bonds. The predicted molar refractivity (Wildman–Crippen MR) is 155 cm³/mol. The normalized spacial score (nSPS) is 19.2. The molecular formula is C33H32N4O4. The Hall–Kier alpha value is -4.85. The molecule has 0 aliphatic carbocycles. The molecule has 0 aromatic heterocycles. The number of nitrogens with zero attached hydrogens (tertiary/aromatic N) is 3. The number of ether oxygens (including phenoxy) is 1. The average Bonchev–Trinajstić information content (AvgIpc) is 3.65. The van der Waals surface area contributed by atoms with E-state index in [1.165, 1.54) is 0 Å². The molecule has 3 aromatic rings. The van der Waals surface area contributed by atoms with Gasteiger partial charge in [-0.2, -0.15) is 0 Å². The number of carbonyl (C=O) groups excluding carboxylic acids is 3. The van der Waals surface area contributed by atoms with E-state index in [-0.39, 0.29) is 30.9 Å². The Labute approximate surface area is 239 Å². The van der Waals surface area contributed by atoms with Gasteiger partial charge in [0.05, 0.1) is 23.9 Å². The van der Waals surface area contributed by atoms with E-state index in [0.29, 0.717) is 35.9 Å². The van der Waals surface area contributed by atoms with Crippen LogP contribution >= 0.6 is 0 Å². The van der Waals surface area contributed by atoms with Crippen LogP contribution in [-0.2, 0) is 9.59 Å². The van der Waals surface area contributed by atoms with Gasteiger partial charge >= 0.3 is 6.03 Å². The average molecular weight is 549 g/mol. The second kappa shape index (κ2) is 11.3. The molecule has 0 spiro atoms. The number of rotatable bonds is 8. The van der Waals surface area contributed by atoms with Crippen molar-refractivity contribution in [1.82, 2.24) is 20.0 Å². The summed E-state index contributed by atoms with van der Waals surface area (Å²) < 4.78 is 6.04. The summed E-state index contributed by atoms with van der Waals surface area (Å²) in [5.74, 6) is 0.914. The number of carbonyl (C=O) groups is 3. The van der Waals surface area contributed by atoms with Crippen LogP contribution in [0.1, 0.15) is 36.1 Å². The van der Waals surface area contributed by atoms with Crippen molar-refractivity contribution in [3.05, 3.63) is 120 Å². The molecule has 41 heavy (non-hydrogen) atoms. The highest BCUT2D eigenvalue weighted by molar-refractivity contribution is 6.04. The third-order valence-electron chi connectivity index (χ3n) is 7.81. The van der Waals surface area contributed by atoms with Crippen LogP contribution in [0.5, 0.6) is 11.5 Å². The molecule has 0 bridgehead atoms. The summed E-state index contributed by atoms with van der Waals surface area (Å²) >= 11 is 0. The van der Waals surface area contributed by atoms with Gasteiger partial charge in [0.1, 0.15) is 17.5 Å². The highest BCUT2D eigenvalue weighted by atomic mass is 16.5. The number of benzene rings is 3. The second-order valence-corrected chi connectivity index (χ2v) is 10.4. The van der Waals surface area contributed by atoms with E-state index in [1.807, 2.05) is 89.8 Å². The maximum absolute atomic E-state index is 14.4. The summed E-state index contributed by atoms with van der Waals surface area (Å²) in [6.07, 6.45) is 3.53. The van der Waals surface area contributed by atoms with Crippen molar-refractivity contribution in [2.75, 3.05) is 26.2 Å². The highest BCUT2D eigenvalue weighted by Crippen LogP contribution is 2.41. The Bertz CT molecular complexity index is 1500. The van der Waals surface area contributed by atoms with Crippen LogP contribution in [0.15, 0.2) is 109 Å². The molecule has 1 saturated heterocycles. The summed E-state index contributed by atoms with van der Waals surface area (Å²) in [7, 11) is 0. The highest BCUT2D eigenvalue weighted by Gasteiger charge is 2.48. The minimum atomic E-state index is -0.790. The molecule has 1 fully saturated rings. The first-order chi connectivity index (χ1) is 20.0. The molecule has 2 unspecified atom stereocenters. The van der Waals surface area contributed by atoms with Crippen LogP contribution in [0.3, 0.4) is 0 Å². The lowest BCUT2D eigenvalue weighted by molar-refractivity contribution is -0.142. The minimum absolute atomic E-state index is 0.0914. The van der Waals surface area contributed by atoms with E-state index in [2.05, 4.69) is 11.9 Å². The summed E-state index contributed by atoms with van der Waals surface area (Å²) in [5, 5.41) is 3.03. The largest absolute Gasteiger partial charge is 0.457 e. The lowest BCUT2D eigenvalue weighted by atomic mass is 9.95. The van der Waals surface area contributed by atoms with Crippen LogP contribution in [-0.4, -0.2) is 58.7 Å². The molecule has 1 N–H and O–H groups in total. The van der Waals surface area contributed by atoms with E-state index in [0.717, 1.165) is 24.0 Å². The molecule has 0 radical (unpaired) electrons. The summed E-state index contributed by atoms with van der Waals surface area (Å²) in [5.41, 5.74) is 2.52. The minimum Gasteiger partial charge on any atom is -0.457 e. The van der Waals surface area contributed by atoms with Gasteiger partial charge in [-0.1, -0.05) is 66.7 Å². The van der Waals surface area contributed by atoms with Crippen molar-refractivity contribution < 1.29 is 19.1 Å². The van der Waals surface area contributed by atoms with Crippen molar-refractivity contribution in [3.8, 4) is 11.5 Å². The van der Waals surface area contributed by atoms with Crippen LogP contribution < -0.4 is 10.1 Å². The molecule has 3 aliphatic heterocycles. The molecule has 8 heteroatoms. The first-order valence-corrected chi connectivity index (χ1v) is 13.9. The monoisotopic (exact) mass is 548 g/mol. The summed E-state index contributed by atoms with van der Waals surface area (Å²) in [6.45, 7) is 5.55. The van der Waals surface area contributed by atoms with Gasteiger partial charge in [-0.05, 0) is 48.2 Å². The van der Waals surface area contributed by atoms with Crippen LogP contribution in [0.4, 0.5) is 4.79 Å². The standard InChI is InChI=1S/C33H32N4O4/c1-2-18-36-27-22-37(30(23-12-5-3-6-13-23)32(39)35-19-9-10-20-35)31(38)28(27)29(34-33(36)40)24-14-11-17-26(21-24)41-25-15-7-4-8-16-25/h2-8,11-17,21,29-30H,1,9-10,18-20,22H2,(H,34,40). The smallest absolute Gasteiger partial charge is 0.322 e. The fourth-order valence-corrected chi connectivity index (χ4v) is 5.88. The Morgan fingerprint density at radius 2 is 1.63 bits per heavy atom. The van der Waals surface area contributed by atoms with Gasteiger partial charge < -0.3 is 19.9 Å². The summed E-state index contributed by atoms with van der Waals surface area (Å²) in [6, 6.07) is 24.4. The van der Waals surface area contributed by atoms with E-state index < -0.39 is 12.1 Å². The lowest BCUT2D eigenvalue weighted by Crippen LogP contribution is -2.47. The summed E-state index contributed by atoms with van der Waals surface area (Å²) in [4.78, 5) is 46.6. The first kappa shape index (κ1) is 26.4. The van der Waals surface area contributed by atoms with Crippen molar-refractivity contribution >= 4 is 17.8 Å². The molecule has 3 aliphatic rings. The molecule has 2 atom stereocenters.